The van der Waals surface area contributed by atoms with Gasteiger partial charge in [-0.05, 0) is 30.3 Å². The molecule has 5 nitrogen and oxygen atoms in total. The standard InChI is InChI=1S/C18H15NO4/c1-3-18(13-7-5-4-6-8-13)16(20)19(17(21)23-18)14-9-11-15(22-2)12-10-14/h3-12H,1H2,2H3. The maximum Gasteiger partial charge on any atom is 0.423 e. The van der Waals surface area contributed by atoms with Crippen molar-refractivity contribution in [3.8, 4) is 5.75 Å². The van der Waals surface area contributed by atoms with Crippen molar-refractivity contribution in [2.75, 3.05) is 12.0 Å². The second kappa shape index (κ2) is 5.61. The first-order valence-corrected chi connectivity index (χ1v) is 7.03. The van der Waals surface area contributed by atoms with Gasteiger partial charge in [0, 0.05) is 5.56 Å². The van der Waals surface area contributed by atoms with Crippen LogP contribution in [0.3, 0.4) is 0 Å². The number of amides is 2. The van der Waals surface area contributed by atoms with Crippen LogP contribution >= 0.6 is 0 Å². The molecule has 1 fully saturated rings. The van der Waals surface area contributed by atoms with E-state index in [0.717, 1.165) is 4.90 Å². The second-order valence-corrected chi connectivity index (χ2v) is 5.01. The van der Waals surface area contributed by atoms with E-state index < -0.39 is 17.6 Å². The summed E-state index contributed by atoms with van der Waals surface area (Å²) in [7, 11) is 1.54. The first-order chi connectivity index (χ1) is 11.1. The molecule has 3 rings (SSSR count). The number of hydrogen-bond donors (Lipinski definition) is 0. The van der Waals surface area contributed by atoms with E-state index in [9.17, 15) is 9.59 Å². The molecule has 0 saturated carbocycles. The van der Waals surface area contributed by atoms with Crippen LogP contribution in [0.25, 0.3) is 0 Å². The SMILES string of the molecule is C=CC1(c2ccccc2)OC(=O)N(c2ccc(OC)cc2)C1=O. The molecule has 0 aliphatic carbocycles. The Labute approximate surface area is 133 Å². The van der Waals surface area contributed by atoms with Gasteiger partial charge in [-0.3, -0.25) is 4.79 Å². The molecule has 23 heavy (non-hydrogen) atoms. The molecule has 1 saturated heterocycles. The van der Waals surface area contributed by atoms with Gasteiger partial charge in [0.25, 0.3) is 5.91 Å². The van der Waals surface area contributed by atoms with Gasteiger partial charge in [-0.2, -0.15) is 0 Å². The Kier molecular flexibility index (Phi) is 3.62. The molecule has 1 unspecified atom stereocenters. The van der Waals surface area contributed by atoms with Crippen LogP contribution in [-0.4, -0.2) is 19.1 Å². The van der Waals surface area contributed by atoms with Crippen LogP contribution in [0.4, 0.5) is 10.5 Å². The zero-order valence-corrected chi connectivity index (χ0v) is 12.6. The molecule has 116 valence electrons. The largest absolute Gasteiger partial charge is 0.497 e. The summed E-state index contributed by atoms with van der Waals surface area (Å²) in [6.45, 7) is 3.69. The molecule has 1 heterocycles. The van der Waals surface area contributed by atoms with Gasteiger partial charge in [-0.15, -0.1) is 0 Å². The summed E-state index contributed by atoms with van der Waals surface area (Å²) >= 11 is 0. The summed E-state index contributed by atoms with van der Waals surface area (Å²) < 4.78 is 10.5. The minimum atomic E-state index is -1.50. The Morgan fingerprint density at radius 3 is 2.30 bits per heavy atom. The number of ether oxygens (including phenoxy) is 2. The molecule has 1 atom stereocenters. The number of nitrogens with zero attached hydrogens (tertiary/aromatic N) is 1. The van der Waals surface area contributed by atoms with E-state index in [1.54, 1.807) is 55.6 Å². The van der Waals surface area contributed by atoms with Crippen molar-refractivity contribution in [3.63, 3.8) is 0 Å². The summed E-state index contributed by atoms with van der Waals surface area (Å²) in [5.74, 6) is 0.140. The Hall–Kier alpha value is -3.08. The predicted octanol–water partition coefficient (Wildman–Crippen LogP) is 3.26. The third-order valence-corrected chi connectivity index (χ3v) is 3.77. The number of cyclic esters (lactones) is 1. The number of benzene rings is 2. The molecular formula is C18H15NO4. The van der Waals surface area contributed by atoms with E-state index in [1.165, 1.54) is 6.08 Å². The molecule has 0 bridgehead atoms. The van der Waals surface area contributed by atoms with Crippen molar-refractivity contribution in [1.82, 2.24) is 0 Å². The van der Waals surface area contributed by atoms with Gasteiger partial charge in [0.1, 0.15) is 5.75 Å². The highest BCUT2D eigenvalue weighted by molar-refractivity contribution is 6.21. The fraction of sp³-hybridized carbons (Fsp3) is 0.111. The van der Waals surface area contributed by atoms with Gasteiger partial charge in [-0.1, -0.05) is 36.9 Å². The highest BCUT2D eigenvalue weighted by atomic mass is 16.6. The van der Waals surface area contributed by atoms with E-state index in [2.05, 4.69) is 6.58 Å². The molecule has 2 aromatic carbocycles. The normalized spacial score (nSPS) is 20.3. The zero-order valence-electron chi connectivity index (χ0n) is 12.6. The number of methoxy groups -OCH3 is 1. The van der Waals surface area contributed by atoms with Crippen molar-refractivity contribution >= 4 is 17.7 Å². The summed E-state index contributed by atoms with van der Waals surface area (Å²) in [5, 5.41) is 0. The highest BCUT2D eigenvalue weighted by Crippen LogP contribution is 2.38. The number of rotatable bonds is 4. The average Bonchev–Trinajstić information content (AvgIpc) is 2.87. The molecule has 0 radical (unpaired) electrons. The molecule has 1 aliphatic heterocycles. The Morgan fingerprint density at radius 2 is 1.74 bits per heavy atom. The first-order valence-electron chi connectivity index (χ1n) is 7.03. The van der Waals surface area contributed by atoms with Crippen molar-refractivity contribution < 1.29 is 19.1 Å². The van der Waals surface area contributed by atoms with Crippen LogP contribution in [0.15, 0.2) is 67.3 Å². The number of carbonyl (C=O) groups excluding carboxylic acids is 2. The molecule has 0 aromatic heterocycles. The third kappa shape index (κ3) is 2.26. The lowest BCUT2D eigenvalue weighted by molar-refractivity contribution is -0.126. The summed E-state index contributed by atoms with van der Waals surface area (Å²) in [6.07, 6.45) is 0.621. The van der Waals surface area contributed by atoms with Gasteiger partial charge in [-0.25, -0.2) is 9.69 Å². The van der Waals surface area contributed by atoms with E-state index in [-0.39, 0.29) is 0 Å². The summed E-state index contributed by atoms with van der Waals surface area (Å²) in [5.41, 5.74) is -0.525. The Balaban J connectivity index is 2.03. The molecule has 0 spiro atoms. The predicted molar refractivity (Wildman–Crippen MR) is 85.3 cm³/mol. The van der Waals surface area contributed by atoms with Gasteiger partial charge in [0.05, 0.1) is 12.8 Å². The van der Waals surface area contributed by atoms with Crippen molar-refractivity contribution in [3.05, 3.63) is 72.8 Å². The quantitative estimate of drug-likeness (QED) is 0.813. The summed E-state index contributed by atoms with van der Waals surface area (Å²) in [6, 6.07) is 15.4. The molecule has 5 heteroatoms. The maximum atomic E-state index is 12.9. The van der Waals surface area contributed by atoms with Gasteiger partial charge >= 0.3 is 6.09 Å². The second-order valence-electron chi connectivity index (χ2n) is 5.01. The first kappa shape index (κ1) is 14.8. The topological polar surface area (TPSA) is 55.8 Å². The smallest absolute Gasteiger partial charge is 0.423 e. The lowest BCUT2D eigenvalue weighted by Crippen LogP contribution is -2.37. The summed E-state index contributed by atoms with van der Waals surface area (Å²) in [4.78, 5) is 26.2. The van der Waals surface area contributed by atoms with Gasteiger partial charge in [0.2, 0.25) is 5.60 Å². The molecule has 2 amide bonds. The van der Waals surface area contributed by atoms with E-state index in [4.69, 9.17) is 9.47 Å². The van der Waals surface area contributed by atoms with Crippen LogP contribution in [0, 0.1) is 0 Å². The minimum Gasteiger partial charge on any atom is -0.497 e. The number of carbonyl (C=O) groups is 2. The van der Waals surface area contributed by atoms with Crippen molar-refractivity contribution in [2.45, 2.75) is 5.60 Å². The van der Waals surface area contributed by atoms with Crippen LogP contribution in [0.5, 0.6) is 5.75 Å². The van der Waals surface area contributed by atoms with Crippen molar-refractivity contribution in [1.29, 1.82) is 0 Å². The van der Waals surface area contributed by atoms with E-state index >= 15 is 0 Å². The van der Waals surface area contributed by atoms with E-state index in [0.29, 0.717) is 17.0 Å². The Morgan fingerprint density at radius 1 is 1.09 bits per heavy atom. The molecule has 2 aromatic rings. The van der Waals surface area contributed by atoms with Crippen molar-refractivity contribution in [2.24, 2.45) is 0 Å². The number of imide groups is 1. The van der Waals surface area contributed by atoms with Gasteiger partial charge in [0.15, 0.2) is 0 Å². The van der Waals surface area contributed by atoms with Crippen LogP contribution in [0.2, 0.25) is 0 Å². The van der Waals surface area contributed by atoms with E-state index in [1.807, 2.05) is 6.07 Å². The molecule has 0 N–H and O–H groups in total. The fourth-order valence-electron chi connectivity index (χ4n) is 2.54. The lowest BCUT2D eigenvalue weighted by atomic mass is 9.93. The third-order valence-electron chi connectivity index (χ3n) is 3.77. The molecule has 1 aliphatic rings. The maximum absolute atomic E-state index is 12.9. The van der Waals surface area contributed by atoms with Crippen LogP contribution in [0.1, 0.15) is 5.56 Å². The van der Waals surface area contributed by atoms with Gasteiger partial charge < -0.3 is 9.47 Å². The lowest BCUT2D eigenvalue weighted by Gasteiger charge is -2.21. The van der Waals surface area contributed by atoms with Crippen LogP contribution in [-0.2, 0) is 15.1 Å². The minimum absolute atomic E-state index is 0.417. The monoisotopic (exact) mass is 309 g/mol. The fourth-order valence-corrected chi connectivity index (χ4v) is 2.54. The van der Waals surface area contributed by atoms with Crippen LogP contribution < -0.4 is 9.64 Å². The average molecular weight is 309 g/mol. The molecular weight excluding hydrogens is 294 g/mol. The Bertz CT molecular complexity index is 754. The number of hydrogen-bond acceptors (Lipinski definition) is 4. The number of anilines is 1. The zero-order chi connectivity index (χ0) is 16.4. The highest BCUT2D eigenvalue weighted by Gasteiger charge is 2.53.